The Balaban J connectivity index is 1.74. The first-order valence-corrected chi connectivity index (χ1v) is 10.2. The van der Waals surface area contributed by atoms with Gasteiger partial charge in [0, 0.05) is 19.3 Å². The van der Waals surface area contributed by atoms with Crippen molar-refractivity contribution < 1.29 is 9.53 Å². The maximum Gasteiger partial charge on any atom is 0.280 e. The molecule has 1 aromatic carbocycles. The Morgan fingerprint density at radius 2 is 2.30 bits per heavy atom. The van der Waals surface area contributed by atoms with Crippen molar-refractivity contribution in [3.63, 3.8) is 0 Å². The number of carbonyl (C=O) groups excluding carboxylic acids is 1. The van der Waals surface area contributed by atoms with E-state index in [1.54, 1.807) is 20.9 Å². The summed E-state index contributed by atoms with van der Waals surface area (Å²) in [6.45, 7) is 5.34. The van der Waals surface area contributed by atoms with Crippen molar-refractivity contribution in [2.75, 3.05) is 18.1 Å². The quantitative estimate of drug-likeness (QED) is 0.673. The van der Waals surface area contributed by atoms with Crippen molar-refractivity contribution in [2.24, 2.45) is 7.05 Å². The van der Waals surface area contributed by atoms with Gasteiger partial charge in [-0.3, -0.25) is 14.4 Å². The highest BCUT2D eigenvalue weighted by molar-refractivity contribution is 7.22. The van der Waals surface area contributed by atoms with Crippen LogP contribution in [0.4, 0.5) is 5.13 Å². The Morgan fingerprint density at radius 1 is 1.44 bits per heavy atom. The van der Waals surface area contributed by atoms with E-state index >= 15 is 0 Å². The molecule has 1 unspecified atom stereocenters. The smallest absolute Gasteiger partial charge is 0.280 e. The average Bonchev–Trinajstić information content (AvgIpc) is 3.39. The molecule has 1 amide bonds. The molecule has 0 saturated carbocycles. The predicted molar refractivity (Wildman–Crippen MR) is 108 cm³/mol. The molecule has 27 heavy (non-hydrogen) atoms. The van der Waals surface area contributed by atoms with Crippen LogP contribution >= 0.6 is 11.3 Å². The Hall–Kier alpha value is -2.25. The summed E-state index contributed by atoms with van der Waals surface area (Å²) in [4.78, 5) is 19.9. The van der Waals surface area contributed by atoms with Crippen molar-refractivity contribution in [1.82, 2.24) is 14.8 Å². The monoisotopic (exact) mass is 384 g/mol. The summed E-state index contributed by atoms with van der Waals surface area (Å²) in [5, 5.41) is 5.10. The summed E-state index contributed by atoms with van der Waals surface area (Å²) >= 11 is 1.56. The SMILES string of the molecule is CCc1cccc2sc(N(CC3CCCO3)C(=O)c3cc(C)n(C)n3)nc12. The van der Waals surface area contributed by atoms with Gasteiger partial charge in [0.25, 0.3) is 5.91 Å². The van der Waals surface area contributed by atoms with Gasteiger partial charge in [-0.05, 0) is 43.9 Å². The van der Waals surface area contributed by atoms with Gasteiger partial charge in [0.05, 0.1) is 22.9 Å². The molecule has 1 aliphatic heterocycles. The Bertz CT molecular complexity index is 952. The second-order valence-corrected chi connectivity index (χ2v) is 7.97. The lowest BCUT2D eigenvalue weighted by Crippen LogP contribution is -2.37. The first kappa shape index (κ1) is 18.1. The number of rotatable bonds is 5. The Labute approximate surface area is 162 Å². The van der Waals surface area contributed by atoms with Crippen LogP contribution in [0.1, 0.15) is 41.5 Å². The van der Waals surface area contributed by atoms with Crippen LogP contribution in [0.2, 0.25) is 0 Å². The van der Waals surface area contributed by atoms with Crippen molar-refractivity contribution in [3.05, 3.63) is 41.2 Å². The molecule has 2 aromatic heterocycles. The lowest BCUT2D eigenvalue weighted by molar-refractivity contribution is 0.0913. The topological polar surface area (TPSA) is 60.2 Å². The van der Waals surface area contributed by atoms with Gasteiger partial charge in [-0.1, -0.05) is 30.4 Å². The lowest BCUT2D eigenvalue weighted by Gasteiger charge is -2.22. The summed E-state index contributed by atoms with van der Waals surface area (Å²) in [6, 6.07) is 8.04. The number of para-hydroxylation sites is 1. The summed E-state index contributed by atoms with van der Waals surface area (Å²) in [6.07, 6.45) is 2.97. The minimum absolute atomic E-state index is 0.0522. The third-order valence-electron chi connectivity index (χ3n) is 5.09. The number of fused-ring (bicyclic) bond motifs is 1. The third-order valence-corrected chi connectivity index (χ3v) is 6.13. The van der Waals surface area contributed by atoms with Gasteiger partial charge in [-0.25, -0.2) is 4.98 Å². The normalized spacial score (nSPS) is 16.9. The van der Waals surface area contributed by atoms with Gasteiger partial charge in [0.1, 0.15) is 0 Å². The highest BCUT2D eigenvalue weighted by Crippen LogP contribution is 2.32. The van der Waals surface area contributed by atoms with Crippen LogP contribution in [-0.2, 0) is 18.2 Å². The molecule has 7 heteroatoms. The van der Waals surface area contributed by atoms with Gasteiger partial charge in [-0.2, -0.15) is 5.10 Å². The minimum Gasteiger partial charge on any atom is -0.376 e. The molecular weight excluding hydrogens is 360 g/mol. The maximum atomic E-state index is 13.3. The molecule has 0 aliphatic carbocycles. The number of thiazole rings is 1. The standard InChI is InChI=1S/C20H24N4O2S/c1-4-14-7-5-9-17-18(14)21-20(27-17)24(12-15-8-6-10-26-15)19(25)16-11-13(2)23(3)22-16/h5,7,9,11,15H,4,6,8,10,12H2,1-3H3. The molecule has 6 nitrogen and oxygen atoms in total. The summed E-state index contributed by atoms with van der Waals surface area (Å²) in [5.41, 5.74) is 3.59. The molecule has 1 aliphatic rings. The number of amides is 1. The summed E-state index contributed by atoms with van der Waals surface area (Å²) in [5.74, 6) is -0.119. The van der Waals surface area contributed by atoms with E-state index in [2.05, 4.69) is 30.2 Å². The maximum absolute atomic E-state index is 13.3. The van der Waals surface area contributed by atoms with E-state index in [9.17, 15) is 4.79 Å². The second-order valence-electron chi connectivity index (χ2n) is 6.96. The number of aromatic nitrogens is 3. The number of hydrogen-bond donors (Lipinski definition) is 0. The molecule has 0 bridgehead atoms. The summed E-state index contributed by atoms with van der Waals surface area (Å²) < 4.78 is 8.63. The number of ether oxygens (including phenoxy) is 1. The van der Waals surface area contributed by atoms with Gasteiger partial charge in [0.2, 0.25) is 0 Å². The van der Waals surface area contributed by atoms with Crippen LogP contribution in [0.5, 0.6) is 0 Å². The molecular formula is C20H24N4O2S. The molecule has 0 spiro atoms. The van der Waals surface area contributed by atoms with Crippen LogP contribution in [0.3, 0.4) is 0 Å². The average molecular weight is 385 g/mol. The molecule has 3 aromatic rings. The largest absolute Gasteiger partial charge is 0.376 e. The van der Waals surface area contributed by atoms with Crippen molar-refractivity contribution in [3.8, 4) is 0 Å². The van der Waals surface area contributed by atoms with E-state index < -0.39 is 0 Å². The summed E-state index contributed by atoms with van der Waals surface area (Å²) in [7, 11) is 1.85. The molecule has 142 valence electrons. The first-order chi connectivity index (χ1) is 13.1. The predicted octanol–water partition coefficient (Wildman–Crippen LogP) is 3.73. The lowest BCUT2D eigenvalue weighted by atomic mass is 10.1. The minimum atomic E-state index is -0.119. The molecule has 1 atom stereocenters. The van der Waals surface area contributed by atoms with Crippen LogP contribution in [0.15, 0.2) is 24.3 Å². The van der Waals surface area contributed by atoms with E-state index in [4.69, 9.17) is 9.72 Å². The number of benzene rings is 1. The van der Waals surface area contributed by atoms with Gasteiger partial charge < -0.3 is 4.74 Å². The van der Waals surface area contributed by atoms with Crippen molar-refractivity contribution >= 4 is 32.6 Å². The fourth-order valence-electron chi connectivity index (χ4n) is 3.44. The number of hydrogen-bond acceptors (Lipinski definition) is 5. The Kier molecular flexibility index (Phi) is 4.97. The number of aryl methyl sites for hydroxylation is 3. The van der Waals surface area contributed by atoms with Crippen LogP contribution in [0.25, 0.3) is 10.2 Å². The molecule has 1 saturated heterocycles. The van der Waals surface area contributed by atoms with Crippen LogP contribution in [-0.4, -0.2) is 39.9 Å². The van der Waals surface area contributed by atoms with E-state index in [0.29, 0.717) is 12.2 Å². The van der Waals surface area contributed by atoms with Gasteiger partial charge in [-0.15, -0.1) is 0 Å². The third kappa shape index (κ3) is 3.49. The van der Waals surface area contributed by atoms with E-state index in [-0.39, 0.29) is 12.0 Å². The van der Waals surface area contributed by atoms with Gasteiger partial charge in [0.15, 0.2) is 10.8 Å². The fourth-order valence-corrected chi connectivity index (χ4v) is 4.46. The van der Waals surface area contributed by atoms with E-state index in [0.717, 1.165) is 46.9 Å². The van der Waals surface area contributed by atoms with Gasteiger partial charge >= 0.3 is 0 Å². The first-order valence-electron chi connectivity index (χ1n) is 9.39. The van der Waals surface area contributed by atoms with Crippen molar-refractivity contribution in [1.29, 1.82) is 0 Å². The van der Waals surface area contributed by atoms with Crippen LogP contribution in [0, 0.1) is 6.92 Å². The second kappa shape index (κ2) is 7.40. The zero-order valence-electron chi connectivity index (χ0n) is 15.9. The number of carbonyl (C=O) groups is 1. The van der Waals surface area contributed by atoms with E-state index in [1.807, 2.05) is 20.0 Å². The number of anilines is 1. The van der Waals surface area contributed by atoms with E-state index in [1.165, 1.54) is 5.56 Å². The highest BCUT2D eigenvalue weighted by atomic mass is 32.1. The molecule has 0 radical (unpaired) electrons. The molecule has 0 N–H and O–H groups in total. The molecule has 1 fully saturated rings. The number of nitrogens with zero attached hydrogens (tertiary/aromatic N) is 4. The fraction of sp³-hybridized carbons (Fsp3) is 0.450. The zero-order chi connectivity index (χ0) is 19.0. The molecule has 3 heterocycles. The molecule has 4 rings (SSSR count). The highest BCUT2D eigenvalue weighted by Gasteiger charge is 2.28. The van der Waals surface area contributed by atoms with Crippen LogP contribution < -0.4 is 4.90 Å². The zero-order valence-corrected chi connectivity index (χ0v) is 16.8. The van der Waals surface area contributed by atoms with Crippen molar-refractivity contribution in [2.45, 2.75) is 39.2 Å². The Morgan fingerprint density at radius 3 is 2.96 bits per heavy atom.